The maximum absolute atomic E-state index is 12.3. The molecule has 3 aromatic carbocycles. The van der Waals surface area contributed by atoms with Crippen LogP contribution in [-0.4, -0.2) is 49.5 Å². The molecule has 5 rings (SSSR count). The quantitative estimate of drug-likeness (QED) is 0.451. The van der Waals surface area contributed by atoms with Gasteiger partial charge in [-0.1, -0.05) is 36.4 Å². The summed E-state index contributed by atoms with van der Waals surface area (Å²) in [5, 5.41) is 10.0. The molecule has 3 aromatic rings. The van der Waals surface area contributed by atoms with Gasteiger partial charge in [0.15, 0.2) is 0 Å². The van der Waals surface area contributed by atoms with E-state index < -0.39 is 0 Å². The van der Waals surface area contributed by atoms with Gasteiger partial charge in [0, 0.05) is 31.9 Å². The zero-order valence-electron chi connectivity index (χ0n) is 19.6. The van der Waals surface area contributed by atoms with Crippen LogP contribution in [0.4, 0.5) is 10.1 Å². The Morgan fingerprint density at radius 1 is 0.971 bits per heavy atom. The van der Waals surface area contributed by atoms with Gasteiger partial charge >= 0.3 is 0 Å². The number of rotatable bonds is 9. The number of nitrogens with zero attached hydrogens (tertiary/aromatic N) is 2. The number of phenolic OH excluding ortho intramolecular Hbond substituents is 1. The maximum Gasteiger partial charge on any atom is 0.119 e. The zero-order chi connectivity index (χ0) is 23.3. The number of ether oxygens (including phenoxy) is 1. The minimum Gasteiger partial charge on any atom is -0.508 e. The highest BCUT2D eigenvalue weighted by Gasteiger charge is 2.29. The lowest BCUT2D eigenvalue weighted by Crippen LogP contribution is -2.48. The van der Waals surface area contributed by atoms with E-state index in [2.05, 4.69) is 64.4 Å². The van der Waals surface area contributed by atoms with Gasteiger partial charge in [0.05, 0.1) is 12.7 Å². The largest absolute Gasteiger partial charge is 0.508 e. The highest BCUT2D eigenvalue weighted by molar-refractivity contribution is 5.57. The van der Waals surface area contributed by atoms with E-state index in [1.54, 1.807) is 6.07 Å². The predicted octanol–water partition coefficient (Wildman–Crippen LogP) is 5.60. The number of anilines is 1. The maximum atomic E-state index is 12.3. The van der Waals surface area contributed by atoms with Gasteiger partial charge in [-0.15, -0.1) is 0 Å². The molecule has 0 aromatic heterocycles. The number of hydrogen-bond acceptors (Lipinski definition) is 4. The molecule has 0 spiro atoms. The van der Waals surface area contributed by atoms with E-state index in [9.17, 15) is 9.50 Å². The van der Waals surface area contributed by atoms with Crippen molar-refractivity contribution in [3.63, 3.8) is 0 Å². The summed E-state index contributed by atoms with van der Waals surface area (Å²) in [6.07, 6.45) is 2.59. The smallest absolute Gasteiger partial charge is 0.119 e. The van der Waals surface area contributed by atoms with E-state index in [0.717, 1.165) is 44.8 Å². The number of phenols is 1. The number of alkyl halides is 1. The molecule has 0 amide bonds. The summed E-state index contributed by atoms with van der Waals surface area (Å²) in [7, 11) is 0. The summed E-state index contributed by atoms with van der Waals surface area (Å²) in [6, 6.07) is 24.8. The highest BCUT2D eigenvalue weighted by atomic mass is 19.1. The molecule has 0 radical (unpaired) electrons. The molecule has 1 saturated heterocycles. The van der Waals surface area contributed by atoms with Crippen LogP contribution < -0.4 is 9.64 Å². The summed E-state index contributed by atoms with van der Waals surface area (Å²) in [4.78, 5) is 4.82. The molecular weight excluding hydrogens is 427 g/mol. The van der Waals surface area contributed by atoms with Gasteiger partial charge in [-0.3, -0.25) is 9.29 Å². The molecule has 1 fully saturated rings. The van der Waals surface area contributed by atoms with Gasteiger partial charge < -0.3 is 14.7 Å². The van der Waals surface area contributed by atoms with Crippen LogP contribution in [0.1, 0.15) is 35.6 Å². The molecule has 0 aliphatic carbocycles. The van der Waals surface area contributed by atoms with Crippen molar-refractivity contribution in [2.75, 3.05) is 44.4 Å². The van der Waals surface area contributed by atoms with Gasteiger partial charge in [-0.05, 0) is 78.3 Å². The first kappa shape index (κ1) is 22.7. The third-order valence-corrected chi connectivity index (χ3v) is 7.09. The van der Waals surface area contributed by atoms with E-state index in [-0.39, 0.29) is 12.7 Å². The molecule has 178 valence electrons. The second-order valence-corrected chi connectivity index (χ2v) is 9.44. The van der Waals surface area contributed by atoms with Gasteiger partial charge in [-0.25, -0.2) is 0 Å². The average Bonchev–Trinajstić information content (AvgIpc) is 2.85. The molecule has 0 bridgehead atoms. The van der Waals surface area contributed by atoms with E-state index >= 15 is 0 Å². The minimum absolute atomic E-state index is 0.0862. The Balaban J connectivity index is 1.26. The van der Waals surface area contributed by atoms with Crippen LogP contribution in [0, 0.1) is 5.92 Å². The van der Waals surface area contributed by atoms with Gasteiger partial charge in [0.1, 0.15) is 18.1 Å². The summed E-state index contributed by atoms with van der Waals surface area (Å²) in [5.41, 5.74) is 4.85. The van der Waals surface area contributed by atoms with Crippen molar-refractivity contribution in [1.82, 2.24) is 4.90 Å². The lowest BCUT2D eigenvalue weighted by atomic mass is 9.87. The fourth-order valence-electron chi connectivity index (χ4n) is 5.32. The van der Waals surface area contributed by atoms with Crippen LogP contribution in [0.3, 0.4) is 0 Å². The minimum atomic E-state index is -0.201. The Labute approximate surface area is 201 Å². The molecule has 2 aliphatic rings. The van der Waals surface area contributed by atoms with Crippen LogP contribution in [-0.2, 0) is 6.42 Å². The van der Waals surface area contributed by atoms with E-state index in [1.165, 1.54) is 22.4 Å². The second-order valence-electron chi connectivity index (χ2n) is 9.44. The standard InChI is InChI=1S/C29H33FN2O2/c30-15-4-5-22-20-31(21-22)17-18-34-27-11-8-23(9-12-27)29-28-13-10-26(33)19-24(28)14-16-32(29)25-6-2-1-3-7-25/h1-3,6-13,19,22,29,33H,4-5,14-18,20-21H2. The van der Waals surface area contributed by atoms with Crippen LogP contribution >= 0.6 is 0 Å². The Kier molecular flexibility index (Phi) is 7.00. The number of likely N-dealkylation sites (tertiary alicyclic amines) is 1. The fourth-order valence-corrected chi connectivity index (χ4v) is 5.32. The van der Waals surface area contributed by atoms with Crippen molar-refractivity contribution in [2.45, 2.75) is 25.3 Å². The first-order chi connectivity index (χ1) is 16.7. The van der Waals surface area contributed by atoms with E-state index in [4.69, 9.17) is 4.74 Å². The number of halogens is 1. The molecule has 2 aliphatic heterocycles. The first-order valence-electron chi connectivity index (χ1n) is 12.4. The van der Waals surface area contributed by atoms with Crippen LogP contribution in [0.15, 0.2) is 72.8 Å². The molecule has 4 nitrogen and oxygen atoms in total. The topological polar surface area (TPSA) is 35.9 Å². The summed E-state index contributed by atoms with van der Waals surface area (Å²) >= 11 is 0. The summed E-state index contributed by atoms with van der Waals surface area (Å²) < 4.78 is 18.3. The van der Waals surface area contributed by atoms with Crippen molar-refractivity contribution < 1.29 is 14.2 Å². The van der Waals surface area contributed by atoms with Crippen molar-refractivity contribution in [3.8, 4) is 11.5 Å². The molecule has 2 heterocycles. The zero-order valence-corrected chi connectivity index (χ0v) is 19.6. The Hall–Kier alpha value is -3.05. The van der Waals surface area contributed by atoms with Crippen molar-refractivity contribution in [2.24, 2.45) is 5.92 Å². The first-order valence-corrected chi connectivity index (χ1v) is 12.4. The van der Waals surface area contributed by atoms with Crippen LogP contribution in [0.2, 0.25) is 0 Å². The van der Waals surface area contributed by atoms with Gasteiger partial charge in [0.2, 0.25) is 0 Å². The van der Waals surface area contributed by atoms with Gasteiger partial charge in [0.25, 0.3) is 0 Å². The number of fused-ring (bicyclic) bond motifs is 1. The highest BCUT2D eigenvalue weighted by Crippen LogP contribution is 2.39. The monoisotopic (exact) mass is 460 g/mol. The number of aromatic hydroxyl groups is 1. The normalized spacial score (nSPS) is 18.4. The van der Waals surface area contributed by atoms with E-state index in [0.29, 0.717) is 24.7 Å². The van der Waals surface area contributed by atoms with Crippen molar-refractivity contribution in [1.29, 1.82) is 0 Å². The number of benzene rings is 3. The molecule has 1 N–H and O–H groups in total. The molecule has 5 heteroatoms. The van der Waals surface area contributed by atoms with Crippen molar-refractivity contribution >= 4 is 5.69 Å². The van der Waals surface area contributed by atoms with Crippen LogP contribution in [0.25, 0.3) is 0 Å². The molecule has 0 saturated carbocycles. The van der Waals surface area contributed by atoms with Gasteiger partial charge in [-0.2, -0.15) is 0 Å². The molecule has 34 heavy (non-hydrogen) atoms. The third kappa shape index (κ3) is 5.05. The Bertz CT molecular complexity index is 1070. The van der Waals surface area contributed by atoms with Crippen molar-refractivity contribution in [3.05, 3.63) is 89.5 Å². The molecule has 1 unspecified atom stereocenters. The lowest BCUT2D eigenvalue weighted by Gasteiger charge is -2.39. The van der Waals surface area contributed by atoms with Crippen LogP contribution in [0.5, 0.6) is 11.5 Å². The third-order valence-electron chi connectivity index (χ3n) is 7.09. The molecule has 1 atom stereocenters. The molecular formula is C29H33FN2O2. The Morgan fingerprint density at radius 3 is 2.53 bits per heavy atom. The fraction of sp³-hybridized carbons (Fsp3) is 0.379. The predicted molar refractivity (Wildman–Crippen MR) is 135 cm³/mol. The SMILES string of the molecule is Oc1ccc2c(c1)CCN(c1ccccc1)C2c1ccc(OCCN2CC(CCCF)C2)cc1. The average molecular weight is 461 g/mol. The Morgan fingerprint density at radius 2 is 1.76 bits per heavy atom. The lowest BCUT2D eigenvalue weighted by molar-refractivity contribution is 0.0752. The summed E-state index contributed by atoms with van der Waals surface area (Å²) in [5.74, 6) is 1.86. The number of hydrogen-bond donors (Lipinski definition) is 1. The second kappa shape index (κ2) is 10.5. The summed E-state index contributed by atoms with van der Waals surface area (Å²) in [6.45, 7) is 4.40. The van der Waals surface area contributed by atoms with E-state index in [1.807, 2.05) is 12.1 Å². The number of para-hydroxylation sites is 1.